The maximum absolute atomic E-state index is 13.9. The second kappa shape index (κ2) is 9.06. The van der Waals surface area contributed by atoms with Crippen LogP contribution in [-0.2, 0) is 6.61 Å². The van der Waals surface area contributed by atoms with Crippen molar-refractivity contribution in [2.24, 2.45) is 0 Å². The van der Waals surface area contributed by atoms with Crippen LogP contribution in [0.2, 0.25) is 0 Å². The molecule has 1 heterocycles. The minimum Gasteiger partial charge on any atom is -0.488 e. The molecule has 0 bridgehead atoms. The van der Waals surface area contributed by atoms with Crippen molar-refractivity contribution in [3.05, 3.63) is 101 Å². The number of carbonyl (C=O) groups is 1. The van der Waals surface area contributed by atoms with Gasteiger partial charge in [-0.05, 0) is 43.3 Å². The van der Waals surface area contributed by atoms with Gasteiger partial charge in [-0.2, -0.15) is 0 Å². The molecule has 0 aliphatic rings. The van der Waals surface area contributed by atoms with Gasteiger partial charge in [0.05, 0.1) is 5.56 Å². The predicted octanol–water partition coefficient (Wildman–Crippen LogP) is 6.23. The highest BCUT2D eigenvalue weighted by Gasteiger charge is 2.15. The van der Waals surface area contributed by atoms with Gasteiger partial charge in [-0.1, -0.05) is 29.8 Å². The summed E-state index contributed by atoms with van der Waals surface area (Å²) in [5.74, 6) is -1.12. The number of benzene rings is 3. The molecule has 0 radical (unpaired) electrons. The summed E-state index contributed by atoms with van der Waals surface area (Å²) in [5.41, 5.74) is 3.01. The first-order chi connectivity index (χ1) is 15.0. The zero-order valence-electron chi connectivity index (χ0n) is 16.6. The van der Waals surface area contributed by atoms with Crippen LogP contribution in [0.3, 0.4) is 0 Å². The Bertz CT molecular complexity index is 1220. The first kappa shape index (κ1) is 20.7. The van der Waals surface area contributed by atoms with Gasteiger partial charge in [-0.15, -0.1) is 11.3 Å². The predicted molar refractivity (Wildman–Crippen MR) is 117 cm³/mol. The minimum atomic E-state index is -0.665. The maximum atomic E-state index is 13.9. The summed E-state index contributed by atoms with van der Waals surface area (Å²) in [6, 6.07) is 18.0. The number of nitrogens with one attached hydrogen (secondary N) is 1. The molecular formula is C24H18F2N2O2S. The van der Waals surface area contributed by atoms with Crippen molar-refractivity contribution in [1.29, 1.82) is 0 Å². The number of rotatable bonds is 6. The molecule has 7 heteroatoms. The van der Waals surface area contributed by atoms with Crippen LogP contribution in [-0.4, -0.2) is 10.9 Å². The number of hydrogen-bond donors (Lipinski definition) is 1. The summed E-state index contributed by atoms with van der Waals surface area (Å²) in [5, 5.41) is 5.10. The van der Waals surface area contributed by atoms with Gasteiger partial charge in [-0.25, -0.2) is 13.8 Å². The van der Waals surface area contributed by atoms with E-state index in [9.17, 15) is 13.6 Å². The monoisotopic (exact) mass is 436 g/mol. The lowest BCUT2D eigenvalue weighted by Gasteiger charge is -2.10. The fourth-order valence-electron chi connectivity index (χ4n) is 2.90. The second-order valence-corrected chi connectivity index (χ2v) is 7.74. The third-order valence-corrected chi connectivity index (χ3v) is 5.44. The average molecular weight is 436 g/mol. The van der Waals surface area contributed by atoms with Crippen LogP contribution in [0.1, 0.15) is 21.6 Å². The van der Waals surface area contributed by atoms with Crippen LogP contribution in [0.15, 0.2) is 72.1 Å². The Labute approximate surface area is 182 Å². The molecule has 0 fully saturated rings. The van der Waals surface area contributed by atoms with E-state index in [1.165, 1.54) is 23.5 Å². The lowest BCUT2D eigenvalue weighted by molar-refractivity contribution is 0.102. The molecule has 4 aromatic rings. The van der Waals surface area contributed by atoms with Crippen LogP contribution < -0.4 is 10.1 Å². The van der Waals surface area contributed by atoms with E-state index in [4.69, 9.17) is 4.74 Å². The molecule has 31 heavy (non-hydrogen) atoms. The van der Waals surface area contributed by atoms with Crippen molar-refractivity contribution in [2.45, 2.75) is 13.5 Å². The average Bonchev–Trinajstić information content (AvgIpc) is 3.25. The van der Waals surface area contributed by atoms with Crippen LogP contribution >= 0.6 is 11.3 Å². The molecule has 1 N–H and O–H groups in total. The fourth-order valence-corrected chi connectivity index (χ4v) is 3.73. The fraction of sp³-hybridized carbons (Fsp3) is 0.0833. The van der Waals surface area contributed by atoms with Crippen LogP contribution in [0.25, 0.3) is 10.6 Å². The lowest BCUT2D eigenvalue weighted by Crippen LogP contribution is -2.12. The Kier molecular flexibility index (Phi) is 6.04. The molecule has 0 saturated heterocycles. The standard InChI is InChI=1S/C24H18F2N2O2S/c1-15-6-10-18(11-7-15)27-23(29)21-14-31-24(28-21)19-4-2-3-5-22(19)30-13-16-8-9-17(25)12-20(16)26/h2-12,14H,13H2,1H3,(H,27,29). The normalized spacial score (nSPS) is 10.7. The van der Waals surface area contributed by atoms with Crippen molar-refractivity contribution in [2.75, 3.05) is 5.32 Å². The van der Waals surface area contributed by atoms with Crippen LogP contribution in [0, 0.1) is 18.6 Å². The molecule has 0 saturated carbocycles. The lowest BCUT2D eigenvalue weighted by atomic mass is 10.2. The molecule has 3 aromatic carbocycles. The van der Waals surface area contributed by atoms with Gasteiger partial charge in [0, 0.05) is 22.7 Å². The SMILES string of the molecule is Cc1ccc(NC(=O)c2csc(-c3ccccc3OCc3ccc(F)cc3F)n2)cc1. The molecule has 1 aromatic heterocycles. The highest BCUT2D eigenvalue weighted by atomic mass is 32.1. The number of hydrogen-bond acceptors (Lipinski definition) is 4. The van der Waals surface area contributed by atoms with Gasteiger partial charge in [0.25, 0.3) is 5.91 Å². The number of anilines is 1. The smallest absolute Gasteiger partial charge is 0.275 e. The molecule has 4 rings (SSSR count). The molecule has 4 nitrogen and oxygen atoms in total. The highest BCUT2D eigenvalue weighted by molar-refractivity contribution is 7.13. The summed E-state index contributed by atoms with van der Waals surface area (Å²) in [6.45, 7) is 1.91. The highest BCUT2D eigenvalue weighted by Crippen LogP contribution is 2.33. The number of amides is 1. The van der Waals surface area contributed by atoms with E-state index in [0.717, 1.165) is 11.6 Å². The molecule has 0 unspecified atom stereocenters. The number of aromatic nitrogens is 1. The maximum Gasteiger partial charge on any atom is 0.275 e. The van der Waals surface area contributed by atoms with Crippen molar-refractivity contribution in [3.63, 3.8) is 0 Å². The molecule has 1 amide bonds. The number of nitrogens with zero attached hydrogens (tertiary/aromatic N) is 1. The first-order valence-corrected chi connectivity index (χ1v) is 10.4. The Morgan fingerprint density at radius 1 is 1.06 bits per heavy atom. The molecule has 0 aliphatic carbocycles. The molecule has 0 aliphatic heterocycles. The van der Waals surface area contributed by atoms with E-state index >= 15 is 0 Å². The first-order valence-electron chi connectivity index (χ1n) is 9.49. The van der Waals surface area contributed by atoms with E-state index in [1.807, 2.05) is 43.3 Å². The summed E-state index contributed by atoms with van der Waals surface area (Å²) in [6.07, 6.45) is 0. The van der Waals surface area contributed by atoms with Gasteiger partial charge in [0.1, 0.15) is 34.7 Å². The Morgan fingerprint density at radius 2 is 1.84 bits per heavy atom. The summed E-state index contributed by atoms with van der Waals surface area (Å²) < 4.78 is 32.8. The second-order valence-electron chi connectivity index (χ2n) is 6.88. The van der Waals surface area contributed by atoms with E-state index in [0.29, 0.717) is 27.7 Å². The van der Waals surface area contributed by atoms with E-state index < -0.39 is 11.6 Å². The Hall–Kier alpha value is -3.58. The van der Waals surface area contributed by atoms with Crippen LogP contribution in [0.5, 0.6) is 5.75 Å². The van der Waals surface area contributed by atoms with Gasteiger partial charge in [0.2, 0.25) is 0 Å². The van der Waals surface area contributed by atoms with Crippen molar-refractivity contribution in [1.82, 2.24) is 4.98 Å². The number of ether oxygens (including phenoxy) is 1. The Morgan fingerprint density at radius 3 is 2.61 bits per heavy atom. The van der Waals surface area contributed by atoms with Crippen molar-refractivity contribution in [3.8, 4) is 16.3 Å². The molecule has 156 valence electrons. The van der Waals surface area contributed by atoms with Crippen molar-refractivity contribution < 1.29 is 18.3 Å². The number of thiazole rings is 1. The van der Waals surface area contributed by atoms with E-state index in [2.05, 4.69) is 10.3 Å². The minimum absolute atomic E-state index is 0.0602. The molecule has 0 atom stereocenters. The number of aryl methyl sites for hydroxylation is 1. The van der Waals surface area contributed by atoms with Gasteiger partial charge >= 0.3 is 0 Å². The van der Waals surface area contributed by atoms with Crippen LogP contribution in [0.4, 0.5) is 14.5 Å². The topological polar surface area (TPSA) is 51.2 Å². The third kappa shape index (κ3) is 4.95. The summed E-state index contributed by atoms with van der Waals surface area (Å²) >= 11 is 1.31. The summed E-state index contributed by atoms with van der Waals surface area (Å²) in [7, 11) is 0. The third-order valence-electron chi connectivity index (χ3n) is 4.56. The van der Waals surface area contributed by atoms with E-state index in [-0.39, 0.29) is 18.1 Å². The van der Waals surface area contributed by atoms with Gasteiger partial charge in [0.15, 0.2) is 0 Å². The number of halogens is 2. The van der Waals surface area contributed by atoms with E-state index in [1.54, 1.807) is 17.5 Å². The van der Waals surface area contributed by atoms with Crippen molar-refractivity contribution >= 4 is 22.9 Å². The molecular weight excluding hydrogens is 418 g/mol. The largest absolute Gasteiger partial charge is 0.488 e. The number of carbonyl (C=O) groups excluding carboxylic acids is 1. The zero-order valence-corrected chi connectivity index (χ0v) is 17.4. The number of para-hydroxylation sites is 1. The van der Waals surface area contributed by atoms with Gasteiger partial charge < -0.3 is 10.1 Å². The molecule has 0 spiro atoms. The Balaban J connectivity index is 1.51. The summed E-state index contributed by atoms with van der Waals surface area (Å²) in [4.78, 5) is 17.0. The quantitative estimate of drug-likeness (QED) is 0.390. The zero-order chi connectivity index (χ0) is 21.8. The van der Waals surface area contributed by atoms with Gasteiger partial charge in [-0.3, -0.25) is 4.79 Å².